The lowest BCUT2D eigenvalue weighted by Gasteiger charge is -2.26. The number of nitrogens with zero attached hydrogens (tertiary/aromatic N) is 1. The Balaban J connectivity index is 1.91. The van der Waals surface area contributed by atoms with Crippen LogP contribution in [0, 0.1) is 0 Å². The van der Waals surface area contributed by atoms with Crippen molar-refractivity contribution in [1.29, 1.82) is 0 Å². The van der Waals surface area contributed by atoms with Gasteiger partial charge in [0.2, 0.25) is 5.91 Å². The molecule has 4 aromatic rings. The van der Waals surface area contributed by atoms with E-state index in [1.165, 1.54) is 0 Å². The minimum absolute atomic E-state index is 0.00366. The third-order valence-corrected chi connectivity index (χ3v) is 5.30. The van der Waals surface area contributed by atoms with E-state index >= 15 is 0 Å². The Morgan fingerprint density at radius 1 is 0.846 bits per heavy atom. The van der Waals surface area contributed by atoms with E-state index in [1.807, 2.05) is 92.0 Å². The number of furan rings is 1. The quantitative estimate of drug-likeness (QED) is 0.528. The molecule has 0 spiro atoms. The first-order valence-corrected chi connectivity index (χ1v) is 8.65. The van der Waals surface area contributed by atoms with Crippen molar-refractivity contribution in [2.45, 2.75) is 5.41 Å². The van der Waals surface area contributed by atoms with Gasteiger partial charge < -0.3 is 9.32 Å². The zero-order chi connectivity index (χ0) is 17.7. The van der Waals surface area contributed by atoms with Crippen LogP contribution in [0.25, 0.3) is 11.0 Å². The molecule has 1 aliphatic heterocycles. The number of benzene rings is 3. The summed E-state index contributed by atoms with van der Waals surface area (Å²) in [7, 11) is 1.83. The molecule has 126 valence electrons. The fourth-order valence-electron chi connectivity index (χ4n) is 4.07. The van der Waals surface area contributed by atoms with Crippen molar-refractivity contribution in [3.8, 4) is 0 Å². The summed E-state index contributed by atoms with van der Waals surface area (Å²) in [6, 6.07) is 27.7. The first-order valence-electron chi connectivity index (χ1n) is 8.65. The van der Waals surface area contributed by atoms with Crippen LogP contribution >= 0.6 is 0 Å². The van der Waals surface area contributed by atoms with Gasteiger partial charge in [0.05, 0.1) is 0 Å². The molecule has 0 aliphatic carbocycles. The van der Waals surface area contributed by atoms with Crippen molar-refractivity contribution in [2.24, 2.45) is 0 Å². The number of rotatable bonds is 2. The molecule has 0 saturated carbocycles. The zero-order valence-corrected chi connectivity index (χ0v) is 14.3. The molecule has 0 N–H and O–H groups in total. The van der Waals surface area contributed by atoms with Crippen LogP contribution in [-0.4, -0.2) is 13.0 Å². The SMILES string of the molecule is CN1C(=O)[C@](c2ccccc2)(c2cc3ccccc3o2)c2ccccc21. The Kier molecular flexibility index (Phi) is 3.07. The maximum Gasteiger partial charge on any atom is 0.249 e. The van der Waals surface area contributed by atoms with Crippen LogP contribution in [-0.2, 0) is 10.2 Å². The van der Waals surface area contributed by atoms with E-state index in [1.54, 1.807) is 4.90 Å². The van der Waals surface area contributed by atoms with Gasteiger partial charge >= 0.3 is 0 Å². The number of para-hydroxylation sites is 2. The standard InChI is InChI=1S/C23H17NO2/c1-24-19-13-7-6-12-18(19)23(22(24)25,17-10-3-2-4-11-17)21-15-16-9-5-8-14-20(16)26-21/h2-15H,1H3/t23-/m0/s1. The first-order chi connectivity index (χ1) is 12.7. The van der Waals surface area contributed by atoms with Crippen LogP contribution in [0.15, 0.2) is 89.3 Å². The fourth-order valence-corrected chi connectivity index (χ4v) is 4.07. The summed E-state index contributed by atoms with van der Waals surface area (Å²) < 4.78 is 6.24. The molecule has 3 nitrogen and oxygen atoms in total. The summed E-state index contributed by atoms with van der Waals surface area (Å²) >= 11 is 0. The molecule has 26 heavy (non-hydrogen) atoms. The van der Waals surface area contributed by atoms with Crippen molar-refractivity contribution in [2.75, 3.05) is 11.9 Å². The van der Waals surface area contributed by atoms with Gasteiger partial charge in [-0.05, 0) is 23.8 Å². The van der Waals surface area contributed by atoms with Crippen LogP contribution in [0.1, 0.15) is 16.9 Å². The monoisotopic (exact) mass is 339 g/mol. The predicted molar refractivity (Wildman–Crippen MR) is 102 cm³/mol. The summed E-state index contributed by atoms with van der Waals surface area (Å²) in [5, 5.41) is 0.998. The van der Waals surface area contributed by atoms with Gasteiger partial charge in [-0.15, -0.1) is 0 Å². The van der Waals surface area contributed by atoms with Crippen molar-refractivity contribution >= 4 is 22.6 Å². The van der Waals surface area contributed by atoms with Crippen LogP contribution in [0.2, 0.25) is 0 Å². The molecule has 0 bridgehead atoms. The average molecular weight is 339 g/mol. The van der Waals surface area contributed by atoms with Gasteiger partial charge in [-0.2, -0.15) is 0 Å². The lowest BCUT2D eigenvalue weighted by atomic mass is 9.73. The number of carbonyl (C=O) groups is 1. The zero-order valence-electron chi connectivity index (χ0n) is 14.3. The maximum absolute atomic E-state index is 13.6. The van der Waals surface area contributed by atoms with Crippen molar-refractivity contribution < 1.29 is 9.21 Å². The largest absolute Gasteiger partial charge is 0.459 e. The second-order valence-corrected chi connectivity index (χ2v) is 6.65. The molecule has 0 saturated heterocycles. The van der Waals surface area contributed by atoms with E-state index in [0.29, 0.717) is 5.76 Å². The van der Waals surface area contributed by atoms with E-state index in [4.69, 9.17) is 4.42 Å². The van der Waals surface area contributed by atoms with Crippen LogP contribution < -0.4 is 4.90 Å². The average Bonchev–Trinajstić information content (AvgIpc) is 3.22. The van der Waals surface area contributed by atoms with Crippen LogP contribution in [0.3, 0.4) is 0 Å². The number of amides is 1. The predicted octanol–water partition coefficient (Wildman–Crippen LogP) is 4.74. The van der Waals surface area contributed by atoms with Crippen molar-refractivity contribution in [1.82, 2.24) is 0 Å². The highest BCUT2D eigenvalue weighted by Gasteiger charge is 2.54. The minimum Gasteiger partial charge on any atom is -0.459 e. The van der Waals surface area contributed by atoms with E-state index in [0.717, 1.165) is 27.8 Å². The van der Waals surface area contributed by atoms with Gasteiger partial charge in [-0.25, -0.2) is 0 Å². The van der Waals surface area contributed by atoms with E-state index in [2.05, 4.69) is 0 Å². The molecular weight excluding hydrogens is 322 g/mol. The van der Waals surface area contributed by atoms with E-state index in [9.17, 15) is 4.79 Å². The number of hydrogen-bond acceptors (Lipinski definition) is 2. The van der Waals surface area contributed by atoms with Gasteiger partial charge in [0.15, 0.2) is 5.41 Å². The summed E-state index contributed by atoms with van der Waals surface area (Å²) in [5.41, 5.74) is 2.61. The molecule has 3 heteroatoms. The number of carbonyl (C=O) groups excluding carboxylic acids is 1. The number of fused-ring (bicyclic) bond motifs is 2. The van der Waals surface area contributed by atoms with E-state index in [-0.39, 0.29) is 5.91 Å². The molecule has 1 atom stereocenters. The highest BCUT2D eigenvalue weighted by molar-refractivity contribution is 6.12. The van der Waals surface area contributed by atoms with Gasteiger partial charge in [-0.3, -0.25) is 4.79 Å². The van der Waals surface area contributed by atoms with Gasteiger partial charge in [0.1, 0.15) is 11.3 Å². The summed E-state index contributed by atoms with van der Waals surface area (Å²) in [5.74, 6) is 0.663. The Morgan fingerprint density at radius 3 is 2.35 bits per heavy atom. The second-order valence-electron chi connectivity index (χ2n) is 6.65. The topological polar surface area (TPSA) is 33.5 Å². The molecule has 3 aromatic carbocycles. The third-order valence-electron chi connectivity index (χ3n) is 5.30. The lowest BCUT2D eigenvalue weighted by molar-refractivity contribution is -0.120. The Morgan fingerprint density at radius 2 is 1.54 bits per heavy atom. The second kappa shape index (κ2) is 5.33. The molecule has 0 unspecified atom stereocenters. The van der Waals surface area contributed by atoms with E-state index < -0.39 is 5.41 Å². The van der Waals surface area contributed by atoms with Gasteiger partial charge in [0, 0.05) is 23.7 Å². The number of hydrogen-bond donors (Lipinski definition) is 0. The number of likely N-dealkylation sites (N-methyl/N-ethyl adjacent to an activating group) is 1. The normalized spacial score (nSPS) is 19.1. The van der Waals surface area contributed by atoms with Gasteiger partial charge in [-0.1, -0.05) is 66.7 Å². The van der Waals surface area contributed by atoms with Crippen molar-refractivity contribution in [3.05, 3.63) is 102 Å². The molecule has 0 radical (unpaired) electrons. The summed E-state index contributed by atoms with van der Waals surface area (Å²) in [4.78, 5) is 15.4. The highest BCUT2D eigenvalue weighted by Crippen LogP contribution is 2.50. The van der Waals surface area contributed by atoms with Crippen LogP contribution in [0.4, 0.5) is 5.69 Å². The molecule has 0 fully saturated rings. The minimum atomic E-state index is -0.967. The van der Waals surface area contributed by atoms with Gasteiger partial charge in [0.25, 0.3) is 0 Å². The maximum atomic E-state index is 13.6. The third kappa shape index (κ3) is 1.80. The van der Waals surface area contributed by atoms with Crippen LogP contribution in [0.5, 0.6) is 0 Å². The Bertz CT molecular complexity index is 1100. The molecule has 5 rings (SSSR count). The Labute approximate surface area is 151 Å². The smallest absolute Gasteiger partial charge is 0.249 e. The fraction of sp³-hybridized carbons (Fsp3) is 0.0870. The first kappa shape index (κ1) is 15.0. The molecule has 2 heterocycles. The molecule has 1 amide bonds. The lowest BCUT2D eigenvalue weighted by Crippen LogP contribution is -2.40. The number of anilines is 1. The molecule has 1 aromatic heterocycles. The Hall–Kier alpha value is -3.33. The van der Waals surface area contributed by atoms with Crippen molar-refractivity contribution in [3.63, 3.8) is 0 Å². The highest BCUT2D eigenvalue weighted by atomic mass is 16.3. The summed E-state index contributed by atoms with van der Waals surface area (Å²) in [6.45, 7) is 0. The molecular formula is C23H17NO2. The summed E-state index contributed by atoms with van der Waals surface area (Å²) in [6.07, 6.45) is 0. The molecule has 1 aliphatic rings.